The van der Waals surface area contributed by atoms with Crippen molar-refractivity contribution in [2.45, 2.75) is 19.3 Å². The van der Waals surface area contributed by atoms with Crippen LogP contribution in [0.25, 0.3) is 0 Å². The minimum atomic E-state index is -0.453. The number of likely N-dealkylation sites (tertiary alicyclic amines) is 1. The van der Waals surface area contributed by atoms with Crippen LogP contribution >= 0.6 is 23.7 Å². The first kappa shape index (κ1) is 17.9. The van der Waals surface area contributed by atoms with Crippen LogP contribution in [0.1, 0.15) is 29.6 Å². The Morgan fingerprint density at radius 3 is 2.71 bits per heavy atom. The number of nitrogens with one attached hydrogen (secondary N) is 1. The number of hydrogen-bond donors (Lipinski definition) is 1. The molecule has 1 aromatic rings. The molecule has 0 bridgehead atoms. The molecule has 0 aromatic carbocycles. The lowest BCUT2D eigenvalue weighted by atomic mass is 9.93. The number of amides is 1. The quantitative estimate of drug-likeness (QED) is 0.663. The molecule has 1 aliphatic heterocycles. The summed E-state index contributed by atoms with van der Waals surface area (Å²) in [5.41, 5.74) is 0.440. The van der Waals surface area contributed by atoms with Crippen LogP contribution in [0, 0.1) is 16.0 Å². The van der Waals surface area contributed by atoms with Gasteiger partial charge in [0.2, 0.25) is 0 Å². The lowest BCUT2D eigenvalue weighted by Gasteiger charge is -2.31. The normalized spacial score (nSPS) is 15.6. The van der Waals surface area contributed by atoms with Gasteiger partial charge in [0.25, 0.3) is 5.91 Å². The van der Waals surface area contributed by atoms with E-state index in [2.05, 4.69) is 5.32 Å². The summed E-state index contributed by atoms with van der Waals surface area (Å²) in [5.74, 6) is 0.588. The molecule has 1 N–H and O–H groups in total. The topological polar surface area (TPSA) is 75.5 Å². The van der Waals surface area contributed by atoms with Crippen LogP contribution in [0.5, 0.6) is 0 Å². The number of carbonyl (C=O) groups is 1. The van der Waals surface area contributed by atoms with Crippen molar-refractivity contribution in [1.82, 2.24) is 10.2 Å². The maximum absolute atomic E-state index is 12.3. The molecule has 21 heavy (non-hydrogen) atoms. The highest BCUT2D eigenvalue weighted by molar-refractivity contribution is 7.13. The first-order valence-electron chi connectivity index (χ1n) is 6.78. The van der Waals surface area contributed by atoms with Gasteiger partial charge in [0.15, 0.2) is 0 Å². The molecule has 1 saturated heterocycles. The van der Waals surface area contributed by atoms with Crippen LogP contribution < -0.4 is 5.32 Å². The molecule has 0 atom stereocenters. The minimum Gasteiger partial charge on any atom is -0.339 e. The van der Waals surface area contributed by atoms with Gasteiger partial charge >= 0.3 is 5.00 Å². The summed E-state index contributed by atoms with van der Waals surface area (Å²) in [6.45, 7) is 2.50. The Kier molecular flexibility index (Phi) is 7.07. The Morgan fingerprint density at radius 2 is 2.19 bits per heavy atom. The first-order valence-corrected chi connectivity index (χ1v) is 7.66. The smallest absolute Gasteiger partial charge is 0.324 e. The monoisotopic (exact) mass is 333 g/mol. The standard InChI is InChI=1S/C13H19N3O3S.ClH/c1-14-5-2-10-3-6-15(7-4-10)13(17)11-8-12(16(18)19)20-9-11;/h8-10,14H,2-7H2,1H3;1H. The fourth-order valence-corrected chi connectivity index (χ4v) is 3.19. The van der Waals surface area contributed by atoms with E-state index in [-0.39, 0.29) is 23.3 Å². The van der Waals surface area contributed by atoms with Crippen molar-refractivity contribution in [3.05, 3.63) is 27.1 Å². The number of hydrogen-bond acceptors (Lipinski definition) is 5. The lowest BCUT2D eigenvalue weighted by molar-refractivity contribution is -0.380. The third-order valence-electron chi connectivity index (χ3n) is 3.72. The van der Waals surface area contributed by atoms with E-state index in [4.69, 9.17) is 0 Å². The van der Waals surface area contributed by atoms with Crippen LogP contribution in [-0.2, 0) is 0 Å². The van der Waals surface area contributed by atoms with Crippen LogP contribution in [0.3, 0.4) is 0 Å². The van der Waals surface area contributed by atoms with Gasteiger partial charge in [-0.3, -0.25) is 14.9 Å². The van der Waals surface area contributed by atoms with Gasteiger partial charge in [-0.2, -0.15) is 0 Å². The van der Waals surface area contributed by atoms with Crippen LogP contribution in [0.4, 0.5) is 5.00 Å². The molecule has 0 saturated carbocycles. The average molecular weight is 334 g/mol. The molecule has 1 fully saturated rings. The summed E-state index contributed by atoms with van der Waals surface area (Å²) in [6, 6.07) is 1.38. The van der Waals surface area contributed by atoms with Crippen LogP contribution in [0.15, 0.2) is 11.4 Å². The van der Waals surface area contributed by atoms with Gasteiger partial charge in [-0.1, -0.05) is 11.3 Å². The summed E-state index contributed by atoms with van der Waals surface area (Å²) < 4.78 is 0. The Balaban J connectivity index is 0.00000220. The Bertz CT molecular complexity index is 487. The third kappa shape index (κ3) is 4.66. The van der Waals surface area contributed by atoms with E-state index in [0.717, 1.165) is 50.2 Å². The summed E-state index contributed by atoms with van der Waals surface area (Å²) in [5, 5.41) is 15.4. The number of nitro groups is 1. The molecule has 0 unspecified atom stereocenters. The maximum Gasteiger partial charge on any atom is 0.324 e. The summed E-state index contributed by atoms with van der Waals surface area (Å²) >= 11 is 1.01. The van der Waals surface area contributed by atoms with Crippen LogP contribution in [0.2, 0.25) is 0 Å². The molecular formula is C13H20ClN3O3S. The summed E-state index contributed by atoms with van der Waals surface area (Å²) in [7, 11) is 1.95. The van der Waals surface area contributed by atoms with E-state index in [1.807, 2.05) is 11.9 Å². The second kappa shape index (κ2) is 8.31. The summed E-state index contributed by atoms with van der Waals surface area (Å²) in [6.07, 6.45) is 3.17. The van der Waals surface area contributed by atoms with Gasteiger partial charge in [0.05, 0.1) is 10.5 Å². The molecule has 118 valence electrons. The Labute approximate surface area is 134 Å². The van der Waals surface area contributed by atoms with Gasteiger partial charge in [-0.25, -0.2) is 0 Å². The number of piperidine rings is 1. The highest BCUT2D eigenvalue weighted by Crippen LogP contribution is 2.26. The van der Waals surface area contributed by atoms with Crippen molar-refractivity contribution in [3.8, 4) is 0 Å². The highest BCUT2D eigenvalue weighted by atomic mass is 35.5. The molecule has 8 heteroatoms. The summed E-state index contributed by atoms with van der Waals surface area (Å²) in [4.78, 5) is 24.2. The van der Waals surface area contributed by atoms with Gasteiger partial charge < -0.3 is 10.2 Å². The van der Waals surface area contributed by atoms with Crippen molar-refractivity contribution >= 4 is 34.7 Å². The fraction of sp³-hybridized carbons (Fsp3) is 0.615. The molecular weight excluding hydrogens is 314 g/mol. The van der Waals surface area contributed by atoms with Crippen molar-refractivity contribution in [3.63, 3.8) is 0 Å². The van der Waals surface area contributed by atoms with Gasteiger partial charge in [0.1, 0.15) is 0 Å². The number of nitrogens with zero attached hydrogens (tertiary/aromatic N) is 2. The second-order valence-electron chi connectivity index (χ2n) is 5.06. The van der Waals surface area contributed by atoms with Crippen molar-refractivity contribution in [2.24, 2.45) is 5.92 Å². The average Bonchev–Trinajstić information content (AvgIpc) is 2.95. The molecule has 1 aliphatic rings. The molecule has 0 spiro atoms. The van der Waals surface area contributed by atoms with Crippen molar-refractivity contribution in [1.29, 1.82) is 0 Å². The number of halogens is 1. The van der Waals surface area contributed by atoms with Crippen LogP contribution in [-0.4, -0.2) is 42.4 Å². The Morgan fingerprint density at radius 1 is 1.52 bits per heavy atom. The van der Waals surface area contributed by atoms with E-state index >= 15 is 0 Å². The predicted octanol–water partition coefficient (Wildman–Crippen LogP) is 2.54. The SMILES string of the molecule is CNCCC1CCN(C(=O)c2csc([N+](=O)[O-])c2)CC1.Cl. The van der Waals surface area contributed by atoms with E-state index < -0.39 is 4.92 Å². The largest absolute Gasteiger partial charge is 0.339 e. The van der Waals surface area contributed by atoms with E-state index in [1.54, 1.807) is 5.38 Å². The van der Waals surface area contributed by atoms with E-state index in [0.29, 0.717) is 11.5 Å². The van der Waals surface area contributed by atoms with E-state index in [1.165, 1.54) is 6.07 Å². The molecule has 0 aliphatic carbocycles. The van der Waals surface area contributed by atoms with Crippen molar-refractivity contribution < 1.29 is 9.72 Å². The Hall–Kier alpha value is -1.18. The zero-order chi connectivity index (χ0) is 14.5. The molecule has 2 heterocycles. The molecule has 1 amide bonds. The third-order valence-corrected chi connectivity index (χ3v) is 4.60. The minimum absolute atomic E-state index is 0. The second-order valence-corrected chi connectivity index (χ2v) is 5.95. The maximum atomic E-state index is 12.3. The first-order chi connectivity index (χ1) is 9.61. The van der Waals surface area contributed by atoms with Gasteiger partial charge in [0, 0.05) is 24.5 Å². The zero-order valence-electron chi connectivity index (χ0n) is 11.9. The number of carbonyl (C=O) groups excluding carboxylic acids is 1. The van der Waals surface area contributed by atoms with E-state index in [9.17, 15) is 14.9 Å². The van der Waals surface area contributed by atoms with Gasteiger partial charge in [-0.15, -0.1) is 12.4 Å². The zero-order valence-corrected chi connectivity index (χ0v) is 13.5. The fourth-order valence-electron chi connectivity index (χ4n) is 2.49. The molecule has 2 rings (SSSR count). The number of rotatable bonds is 5. The van der Waals surface area contributed by atoms with Gasteiger partial charge in [-0.05, 0) is 38.8 Å². The number of thiophene rings is 1. The molecule has 0 radical (unpaired) electrons. The molecule has 1 aromatic heterocycles. The molecule has 6 nitrogen and oxygen atoms in total. The van der Waals surface area contributed by atoms with Crippen molar-refractivity contribution in [2.75, 3.05) is 26.7 Å². The predicted molar refractivity (Wildman–Crippen MR) is 85.4 cm³/mol. The lowest BCUT2D eigenvalue weighted by Crippen LogP contribution is -2.38. The highest BCUT2D eigenvalue weighted by Gasteiger charge is 2.25.